The SMILES string of the molecule is COc1ccc(F)cc1C(=O)Cc1ccccn1. The van der Waals surface area contributed by atoms with Crippen LogP contribution in [0.15, 0.2) is 42.6 Å². The van der Waals surface area contributed by atoms with Gasteiger partial charge >= 0.3 is 0 Å². The number of halogens is 1. The van der Waals surface area contributed by atoms with E-state index in [2.05, 4.69) is 4.98 Å². The molecule has 0 aliphatic rings. The minimum atomic E-state index is -0.458. The Hall–Kier alpha value is -2.23. The zero-order chi connectivity index (χ0) is 13.0. The number of pyridine rings is 1. The second-order valence-corrected chi connectivity index (χ2v) is 3.77. The number of carbonyl (C=O) groups is 1. The van der Waals surface area contributed by atoms with Gasteiger partial charge in [0, 0.05) is 11.9 Å². The van der Waals surface area contributed by atoms with Gasteiger partial charge in [-0.25, -0.2) is 4.39 Å². The number of aromatic nitrogens is 1. The van der Waals surface area contributed by atoms with Crippen LogP contribution in [0, 0.1) is 5.82 Å². The Labute approximate surface area is 104 Å². The highest BCUT2D eigenvalue weighted by Gasteiger charge is 2.14. The Bertz CT molecular complexity index is 555. The monoisotopic (exact) mass is 245 g/mol. The first-order valence-electron chi connectivity index (χ1n) is 5.47. The molecule has 1 aromatic heterocycles. The normalized spacial score (nSPS) is 10.1. The molecule has 92 valence electrons. The van der Waals surface area contributed by atoms with Gasteiger partial charge in [-0.2, -0.15) is 0 Å². The third kappa shape index (κ3) is 2.71. The van der Waals surface area contributed by atoms with E-state index in [0.717, 1.165) is 0 Å². The van der Waals surface area contributed by atoms with Crippen molar-refractivity contribution in [2.45, 2.75) is 6.42 Å². The highest BCUT2D eigenvalue weighted by atomic mass is 19.1. The molecule has 1 aromatic carbocycles. The second-order valence-electron chi connectivity index (χ2n) is 3.77. The molecule has 0 saturated heterocycles. The zero-order valence-electron chi connectivity index (χ0n) is 9.89. The van der Waals surface area contributed by atoms with Gasteiger partial charge in [0.05, 0.1) is 19.1 Å². The van der Waals surface area contributed by atoms with E-state index >= 15 is 0 Å². The maximum atomic E-state index is 13.2. The molecule has 0 unspecified atom stereocenters. The molecule has 0 saturated carbocycles. The molecule has 0 radical (unpaired) electrons. The summed E-state index contributed by atoms with van der Waals surface area (Å²) in [6.45, 7) is 0. The van der Waals surface area contributed by atoms with E-state index in [9.17, 15) is 9.18 Å². The van der Waals surface area contributed by atoms with E-state index in [1.807, 2.05) is 0 Å². The molecule has 0 aliphatic carbocycles. The molecule has 4 heteroatoms. The third-order valence-electron chi connectivity index (χ3n) is 2.53. The van der Waals surface area contributed by atoms with Gasteiger partial charge in [0.2, 0.25) is 0 Å². The number of carbonyl (C=O) groups excluding carboxylic acids is 1. The predicted octanol–water partition coefficient (Wildman–Crippen LogP) is 2.65. The molecule has 0 bridgehead atoms. The topological polar surface area (TPSA) is 39.2 Å². The van der Waals surface area contributed by atoms with Crippen LogP contribution in [0.3, 0.4) is 0 Å². The fourth-order valence-electron chi connectivity index (χ4n) is 1.66. The average Bonchev–Trinajstić information content (AvgIpc) is 2.40. The fourth-order valence-corrected chi connectivity index (χ4v) is 1.66. The van der Waals surface area contributed by atoms with Crippen molar-refractivity contribution in [3.05, 3.63) is 59.7 Å². The number of ketones is 1. The highest BCUT2D eigenvalue weighted by molar-refractivity contribution is 5.99. The number of methoxy groups -OCH3 is 1. The van der Waals surface area contributed by atoms with E-state index in [1.54, 1.807) is 24.4 Å². The van der Waals surface area contributed by atoms with Crippen molar-refractivity contribution in [2.24, 2.45) is 0 Å². The summed E-state index contributed by atoms with van der Waals surface area (Å²) in [5.41, 5.74) is 0.886. The molecule has 0 fully saturated rings. The van der Waals surface area contributed by atoms with Crippen LogP contribution in [0.4, 0.5) is 4.39 Å². The Balaban J connectivity index is 2.26. The predicted molar refractivity (Wildman–Crippen MR) is 65.2 cm³/mol. The highest BCUT2D eigenvalue weighted by Crippen LogP contribution is 2.20. The van der Waals surface area contributed by atoms with Crippen LogP contribution in [-0.4, -0.2) is 17.9 Å². The molecule has 0 amide bonds. The minimum Gasteiger partial charge on any atom is -0.496 e. The van der Waals surface area contributed by atoms with Crippen LogP contribution in [0.5, 0.6) is 5.75 Å². The first-order valence-corrected chi connectivity index (χ1v) is 5.47. The summed E-state index contributed by atoms with van der Waals surface area (Å²) in [5.74, 6) is -0.303. The molecular formula is C14H12FNO2. The Morgan fingerprint density at radius 1 is 1.33 bits per heavy atom. The van der Waals surface area contributed by atoms with Crippen LogP contribution in [0.2, 0.25) is 0 Å². The lowest BCUT2D eigenvalue weighted by molar-refractivity contribution is 0.0988. The maximum Gasteiger partial charge on any atom is 0.172 e. The van der Waals surface area contributed by atoms with Gasteiger partial charge in [-0.05, 0) is 30.3 Å². The second kappa shape index (κ2) is 5.40. The summed E-state index contributed by atoms with van der Waals surface area (Å²) < 4.78 is 18.2. The summed E-state index contributed by atoms with van der Waals surface area (Å²) >= 11 is 0. The summed E-state index contributed by atoms with van der Waals surface area (Å²) in [6, 6.07) is 9.22. The smallest absolute Gasteiger partial charge is 0.172 e. The molecule has 0 N–H and O–H groups in total. The van der Waals surface area contributed by atoms with Crippen molar-refractivity contribution in [3.8, 4) is 5.75 Å². The number of Topliss-reactive ketones (excluding diaryl/α,β-unsaturated/α-hetero) is 1. The van der Waals surface area contributed by atoms with Crippen LogP contribution in [0.25, 0.3) is 0 Å². The van der Waals surface area contributed by atoms with Gasteiger partial charge in [-0.15, -0.1) is 0 Å². The summed E-state index contributed by atoms with van der Waals surface area (Å²) in [7, 11) is 1.45. The van der Waals surface area contributed by atoms with Crippen LogP contribution >= 0.6 is 0 Å². The van der Waals surface area contributed by atoms with Crippen molar-refractivity contribution in [3.63, 3.8) is 0 Å². The van der Waals surface area contributed by atoms with E-state index in [1.165, 1.54) is 25.3 Å². The van der Waals surface area contributed by atoms with Crippen molar-refractivity contribution in [1.82, 2.24) is 4.98 Å². The Morgan fingerprint density at radius 2 is 2.17 bits per heavy atom. The largest absolute Gasteiger partial charge is 0.496 e. The van der Waals surface area contributed by atoms with E-state index < -0.39 is 5.82 Å². The van der Waals surface area contributed by atoms with E-state index in [-0.39, 0.29) is 17.8 Å². The molecule has 0 atom stereocenters. The Morgan fingerprint density at radius 3 is 2.83 bits per heavy atom. The minimum absolute atomic E-state index is 0.126. The molecule has 2 rings (SSSR count). The van der Waals surface area contributed by atoms with Gasteiger partial charge < -0.3 is 4.74 Å². The van der Waals surface area contributed by atoms with Crippen molar-refractivity contribution in [1.29, 1.82) is 0 Å². The third-order valence-corrected chi connectivity index (χ3v) is 2.53. The molecular weight excluding hydrogens is 233 g/mol. The molecule has 0 spiro atoms. The van der Waals surface area contributed by atoms with Crippen molar-refractivity contribution < 1.29 is 13.9 Å². The standard InChI is InChI=1S/C14H12FNO2/c1-18-14-6-5-10(15)8-12(14)13(17)9-11-4-2-3-7-16-11/h2-8H,9H2,1H3. The number of nitrogens with zero attached hydrogens (tertiary/aromatic N) is 1. The van der Waals surface area contributed by atoms with Gasteiger partial charge in [0.25, 0.3) is 0 Å². The first-order chi connectivity index (χ1) is 8.70. The van der Waals surface area contributed by atoms with Crippen LogP contribution < -0.4 is 4.74 Å². The summed E-state index contributed by atoms with van der Waals surface area (Å²) in [5, 5.41) is 0. The molecule has 18 heavy (non-hydrogen) atoms. The average molecular weight is 245 g/mol. The molecule has 0 aliphatic heterocycles. The number of benzene rings is 1. The number of hydrogen-bond acceptors (Lipinski definition) is 3. The molecule has 2 aromatic rings. The first kappa shape index (κ1) is 12.2. The summed E-state index contributed by atoms with van der Waals surface area (Å²) in [6.07, 6.45) is 1.74. The van der Waals surface area contributed by atoms with Crippen molar-refractivity contribution >= 4 is 5.78 Å². The molecule has 1 heterocycles. The quantitative estimate of drug-likeness (QED) is 0.777. The number of ether oxygens (including phenoxy) is 1. The number of hydrogen-bond donors (Lipinski definition) is 0. The fraction of sp³-hybridized carbons (Fsp3) is 0.143. The van der Waals surface area contributed by atoms with Gasteiger partial charge in [0.1, 0.15) is 11.6 Å². The number of rotatable bonds is 4. The van der Waals surface area contributed by atoms with Crippen LogP contribution in [-0.2, 0) is 6.42 Å². The Kier molecular flexibility index (Phi) is 3.67. The zero-order valence-corrected chi connectivity index (χ0v) is 9.89. The summed E-state index contributed by atoms with van der Waals surface area (Å²) in [4.78, 5) is 16.1. The van der Waals surface area contributed by atoms with E-state index in [0.29, 0.717) is 11.4 Å². The van der Waals surface area contributed by atoms with Crippen LogP contribution in [0.1, 0.15) is 16.1 Å². The lowest BCUT2D eigenvalue weighted by Crippen LogP contribution is -2.07. The lowest BCUT2D eigenvalue weighted by atomic mass is 10.0. The van der Waals surface area contributed by atoms with Crippen molar-refractivity contribution in [2.75, 3.05) is 7.11 Å². The maximum absolute atomic E-state index is 13.2. The van der Waals surface area contributed by atoms with E-state index in [4.69, 9.17) is 4.74 Å². The van der Waals surface area contributed by atoms with Gasteiger partial charge in [-0.3, -0.25) is 9.78 Å². The lowest BCUT2D eigenvalue weighted by Gasteiger charge is -2.07. The van der Waals surface area contributed by atoms with Gasteiger partial charge in [0.15, 0.2) is 5.78 Å². The molecule has 3 nitrogen and oxygen atoms in total. The van der Waals surface area contributed by atoms with Gasteiger partial charge in [-0.1, -0.05) is 6.07 Å².